The number of hydrogen-bond donors (Lipinski definition) is 0. The normalized spacial score (nSPS) is 11.1. The molecular weight excluding hydrogens is 246 g/mol. The summed E-state index contributed by atoms with van der Waals surface area (Å²) < 4.78 is 5.09. The lowest BCUT2D eigenvalue weighted by molar-refractivity contribution is 0.283. The van der Waals surface area contributed by atoms with Gasteiger partial charge in [0.15, 0.2) is 0 Å². The van der Waals surface area contributed by atoms with Crippen molar-refractivity contribution in [3.05, 3.63) is 59.0 Å². The number of likely N-dealkylation sites (N-methyl/N-ethyl adjacent to an activating group) is 1. The number of rotatable bonds is 6. The Kier molecular flexibility index (Phi) is 4.85. The average Bonchev–Trinajstić information content (AvgIpc) is 2.89. The summed E-state index contributed by atoms with van der Waals surface area (Å²) in [4.78, 5) is 2.38. The standard InChI is InChI=1S/C15H18ClNO/c1-2-17(11-13-8-10-18-12-13)9-7-14-5-3-4-6-15(14)16/h3-6,8,10,12H,2,7,9,11H2,1H3. The highest BCUT2D eigenvalue weighted by molar-refractivity contribution is 6.31. The van der Waals surface area contributed by atoms with Crippen molar-refractivity contribution < 1.29 is 4.42 Å². The zero-order valence-electron chi connectivity index (χ0n) is 10.6. The van der Waals surface area contributed by atoms with Crippen molar-refractivity contribution in [2.24, 2.45) is 0 Å². The summed E-state index contributed by atoms with van der Waals surface area (Å²) in [6.45, 7) is 5.13. The molecule has 0 unspecified atom stereocenters. The molecule has 2 nitrogen and oxygen atoms in total. The molecule has 0 N–H and O–H groups in total. The summed E-state index contributed by atoms with van der Waals surface area (Å²) in [5.74, 6) is 0. The number of furan rings is 1. The molecule has 0 saturated carbocycles. The summed E-state index contributed by atoms with van der Waals surface area (Å²) in [6, 6.07) is 10.1. The van der Waals surface area contributed by atoms with Crippen LogP contribution in [0.5, 0.6) is 0 Å². The first-order valence-corrected chi connectivity index (χ1v) is 6.64. The van der Waals surface area contributed by atoms with Gasteiger partial charge >= 0.3 is 0 Å². The maximum atomic E-state index is 6.16. The Hall–Kier alpha value is -1.25. The lowest BCUT2D eigenvalue weighted by Gasteiger charge is -2.19. The van der Waals surface area contributed by atoms with Crippen molar-refractivity contribution in [3.63, 3.8) is 0 Å². The third-order valence-electron chi connectivity index (χ3n) is 3.09. The number of benzene rings is 1. The molecule has 0 fully saturated rings. The molecule has 0 bridgehead atoms. The second kappa shape index (κ2) is 6.62. The molecule has 2 aromatic rings. The van der Waals surface area contributed by atoms with Crippen molar-refractivity contribution in [2.75, 3.05) is 13.1 Å². The Morgan fingerprint density at radius 1 is 1.22 bits per heavy atom. The van der Waals surface area contributed by atoms with Gasteiger partial charge in [0.1, 0.15) is 0 Å². The maximum Gasteiger partial charge on any atom is 0.0947 e. The Bertz CT molecular complexity index is 467. The smallest absolute Gasteiger partial charge is 0.0947 e. The van der Waals surface area contributed by atoms with E-state index in [1.54, 1.807) is 12.5 Å². The van der Waals surface area contributed by atoms with Gasteiger partial charge in [-0.15, -0.1) is 0 Å². The van der Waals surface area contributed by atoms with Crippen molar-refractivity contribution in [1.29, 1.82) is 0 Å². The summed E-state index contributed by atoms with van der Waals surface area (Å²) in [6.07, 6.45) is 4.50. The quantitative estimate of drug-likeness (QED) is 0.783. The summed E-state index contributed by atoms with van der Waals surface area (Å²) in [7, 11) is 0. The highest BCUT2D eigenvalue weighted by atomic mass is 35.5. The van der Waals surface area contributed by atoms with Crippen molar-refractivity contribution in [1.82, 2.24) is 4.90 Å². The van der Waals surface area contributed by atoms with Crippen LogP contribution in [0.25, 0.3) is 0 Å². The maximum absolute atomic E-state index is 6.16. The van der Waals surface area contributed by atoms with Gasteiger partial charge in [-0.3, -0.25) is 4.90 Å². The molecule has 0 spiro atoms. The van der Waals surface area contributed by atoms with Crippen LogP contribution in [0, 0.1) is 0 Å². The fraction of sp³-hybridized carbons (Fsp3) is 0.333. The molecule has 0 aliphatic rings. The molecule has 1 aromatic carbocycles. The van der Waals surface area contributed by atoms with Gasteiger partial charge < -0.3 is 4.42 Å². The molecule has 0 aliphatic heterocycles. The van der Waals surface area contributed by atoms with E-state index in [2.05, 4.69) is 17.9 Å². The highest BCUT2D eigenvalue weighted by Gasteiger charge is 2.06. The van der Waals surface area contributed by atoms with Crippen LogP contribution in [0.3, 0.4) is 0 Å². The van der Waals surface area contributed by atoms with Gasteiger partial charge in [0.2, 0.25) is 0 Å². The molecule has 18 heavy (non-hydrogen) atoms. The Balaban J connectivity index is 1.89. The van der Waals surface area contributed by atoms with E-state index in [0.717, 1.165) is 31.1 Å². The predicted molar refractivity (Wildman–Crippen MR) is 74.8 cm³/mol. The van der Waals surface area contributed by atoms with E-state index < -0.39 is 0 Å². The molecule has 0 saturated heterocycles. The molecule has 96 valence electrons. The van der Waals surface area contributed by atoms with Gasteiger partial charge in [0.05, 0.1) is 12.5 Å². The predicted octanol–water partition coefficient (Wildman–Crippen LogP) is 4.00. The number of halogens is 1. The second-order valence-corrected chi connectivity index (χ2v) is 4.75. The minimum atomic E-state index is 0.858. The summed E-state index contributed by atoms with van der Waals surface area (Å²) >= 11 is 6.16. The van der Waals surface area contributed by atoms with E-state index in [9.17, 15) is 0 Å². The van der Waals surface area contributed by atoms with Gasteiger partial charge in [0.25, 0.3) is 0 Å². The van der Waals surface area contributed by atoms with E-state index in [1.165, 1.54) is 11.1 Å². The minimum absolute atomic E-state index is 0.858. The van der Waals surface area contributed by atoms with Crippen molar-refractivity contribution >= 4 is 11.6 Å². The second-order valence-electron chi connectivity index (χ2n) is 4.34. The first-order valence-electron chi connectivity index (χ1n) is 6.26. The zero-order valence-corrected chi connectivity index (χ0v) is 11.4. The number of nitrogens with zero attached hydrogens (tertiary/aromatic N) is 1. The van der Waals surface area contributed by atoms with Crippen LogP contribution in [-0.4, -0.2) is 18.0 Å². The first-order chi connectivity index (χ1) is 8.79. The first kappa shape index (κ1) is 13.2. The van der Waals surface area contributed by atoms with E-state index >= 15 is 0 Å². The van der Waals surface area contributed by atoms with Crippen LogP contribution in [0.4, 0.5) is 0 Å². The topological polar surface area (TPSA) is 16.4 Å². The van der Waals surface area contributed by atoms with Crippen LogP contribution >= 0.6 is 11.6 Å². The SMILES string of the molecule is CCN(CCc1ccccc1Cl)Cc1ccoc1. The fourth-order valence-electron chi connectivity index (χ4n) is 1.97. The highest BCUT2D eigenvalue weighted by Crippen LogP contribution is 2.16. The molecule has 1 aromatic heterocycles. The van der Waals surface area contributed by atoms with Crippen LogP contribution in [0.2, 0.25) is 5.02 Å². The van der Waals surface area contributed by atoms with Crippen LogP contribution in [0.15, 0.2) is 47.3 Å². The van der Waals surface area contributed by atoms with Gasteiger partial charge in [0, 0.05) is 23.7 Å². The monoisotopic (exact) mass is 263 g/mol. The van der Waals surface area contributed by atoms with Gasteiger partial charge in [-0.05, 0) is 30.7 Å². The summed E-state index contributed by atoms with van der Waals surface area (Å²) in [5.41, 5.74) is 2.43. The van der Waals surface area contributed by atoms with Crippen LogP contribution in [0.1, 0.15) is 18.1 Å². The van der Waals surface area contributed by atoms with Crippen LogP contribution in [-0.2, 0) is 13.0 Å². The third-order valence-corrected chi connectivity index (χ3v) is 3.46. The van der Waals surface area contributed by atoms with Crippen molar-refractivity contribution in [3.8, 4) is 0 Å². The molecule has 0 atom stereocenters. The lowest BCUT2D eigenvalue weighted by atomic mass is 10.1. The molecule has 0 amide bonds. The van der Waals surface area contributed by atoms with Crippen molar-refractivity contribution in [2.45, 2.75) is 19.9 Å². The lowest BCUT2D eigenvalue weighted by Crippen LogP contribution is -2.25. The Morgan fingerprint density at radius 3 is 2.72 bits per heavy atom. The fourth-order valence-corrected chi connectivity index (χ4v) is 2.20. The van der Waals surface area contributed by atoms with E-state index in [0.29, 0.717) is 0 Å². The Morgan fingerprint density at radius 2 is 2.06 bits per heavy atom. The van der Waals surface area contributed by atoms with Crippen LogP contribution < -0.4 is 0 Å². The minimum Gasteiger partial charge on any atom is -0.472 e. The molecule has 3 heteroatoms. The summed E-state index contributed by atoms with van der Waals surface area (Å²) in [5, 5.41) is 0.858. The largest absolute Gasteiger partial charge is 0.472 e. The van der Waals surface area contributed by atoms with E-state index in [4.69, 9.17) is 16.0 Å². The molecule has 2 rings (SSSR count). The van der Waals surface area contributed by atoms with E-state index in [-0.39, 0.29) is 0 Å². The van der Waals surface area contributed by atoms with E-state index in [1.807, 2.05) is 24.3 Å². The number of hydrogen-bond acceptors (Lipinski definition) is 2. The van der Waals surface area contributed by atoms with Gasteiger partial charge in [-0.1, -0.05) is 36.7 Å². The molecule has 0 radical (unpaired) electrons. The third kappa shape index (κ3) is 3.62. The Labute approximate surface area is 113 Å². The zero-order chi connectivity index (χ0) is 12.8. The van der Waals surface area contributed by atoms with Gasteiger partial charge in [-0.25, -0.2) is 0 Å². The average molecular weight is 264 g/mol. The molecular formula is C15H18ClNO. The molecule has 1 heterocycles. The molecule has 0 aliphatic carbocycles. The van der Waals surface area contributed by atoms with Gasteiger partial charge in [-0.2, -0.15) is 0 Å².